The summed E-state index contributed by atoms with van der Waals surface area (Å²) in [5.41, 5.74) is 1.63. The first-order valence-corrected chi connectivity index (χ1v) is 6.12. The molecule has 2 rings (SSSR count). The summed E-state index contributed by atoms with van der Waals surface area (Å²) in [6.07, 6.45) is 0. The molecule has 90 valence electrons. The van der Waals surface area contributed by atoms with E-state index in [9.17, 15) is 0 Å². The first-order valence-electron chi connectivity index (χ1n) is 5.33. The topological polar surface area (TPSA) is 58.1 Å². The molecule has 0 saturated carbocycles. The van der Waals surface area contributed by atoms with Gasteiger partial charge in [0.05, 0.1) is 18.9 Å². The number of aromatic amines is 1. The Hall–Kier alpha value is -1.33. The second-order valence-electron chi connectivity index (χ2n) is 3.47. The Balaban J connectivity index is 2.26. The molecule has 5 heteroatoms. The molecular weight excluding hydrogens is 284 g/mol. The maximum Gasteiger partial charge on any atom is 0.138 e. The van der Waals surface area contributed by atoms with E-state index >= 15 is 0 Å². The number of H-pyrrole nitrogens is 1. The van der Waals surface area contributed by atoms with E-state index in [-0.39, 0.29) is 6.61 Å². The maximum atomic E-state index is 9.07. The minimum absolute atomic E-state index is 0.0649. The highest BCUT2D eigenvalue weighted by Gasteiger charge is 2.08. The zero-order chi connectivity index (χ0) is 12.3. The zero-order valence-corrected chi connectivity index (χ0v) is 11.0. The molecule has 0 amide bonds. The predicted molar refractivity (Wildman–Crippen MR) is 68.8 cm³/mol. The Labute approximate surface area is 108 Å². The molecule has 0 unspecified atom stereocenters. The summed E-state index contributed by atoms with van der Waals surface area (Å²) in [6.45, 7) is 2.54. The van der Waals surface area contributed by atoms with E-state index in [1.165, 1.54) is 0 Å². The van der Waals surface area contributed by atoms with Crippen LogP contribution in [0.3, 0.4) is 0 Å². The van der Waals surface area contributed by atoms with Gasteiger partial charge in [-0.1, -0.05) is 0 Å². The molecule has 0 fully saturated rings. The molecule has 1 aromatic heterocycles. The summed E-state index contributed by atoms with van der Waals surface area (Å²) in [6, 6.07) is 7.65. The van der Waals surface area contributed by atoms with Gasteiger partial charge in [0.15, 0.2) is 0 Å². The highest BCUT2D eigenvalue weighted by atomic mass is 79.9. The van der Waals surface area contributed by atoms with Gasteiger partial charge in [0.1, 0.15) is 16.2 Å². The van der Waals surface area contributed by atoms with Gasteiger partial charge in [0, 0.05) is 5.56 Å². The number of aliphatic hydroxyl groups excluding tert-OH is 1. The number of hydrogen-bond acceptors (Lipinski definition) is 3. The van der Waals surface area contributed by atoms with Crippen LogP contribution < -0.4 is 4.74 Å². The van der Waals surface area contributed by atoms with Crippen molar-refractivity contribution in [1.82, 2.24) is 9.97 Å². The largest absolute Gasteiger partial charge is 0.494 e. The number of aromatic nitrogens is 2. The van der Waals surface area contributed by atoms with Crippen molar-refractivity contribution < 1.29 is 9.84 Å². The number of imidazole rings is 1. The van der Waals surface area contributed by atoms with Crippen molar-refractivity contribution in [3.8, 4) is 17.1 Å². The second kappa shape index (κ2) is 5.33. The molecule has 2 aromatic rings. The first-order chi connectivity index (χ1) is 8.24. The van der Waals surface area contributed by atoms with Gasteiger partial charge in [-0.25, -0.2) is 4.98 Å². The number of hydrogen-bond donors (Lipinski definition) is 2. The lowest BCUT2D eigenvalue weighted by atomic mass is 10.2. The van der Waals surface area contributed by atoms with Crippen molar-refractivity contribution in [3.05, 3.63) is 34.6 Å². The van der Waals surface area contributed by atoms with E-state index in [2.05, 4.69) is 25.9 Å². The van der Waals surface area contributed by atoms with Gasteiger partial charge in [0.2, 0.25) is 0 Å². The summed E-state index contributed by atoms with van der Waals surface area (Å²) in [5.74, 6) is 1.56. The highest BCUT2D eigenvalue weighted by molar-refractivity contribution is 9.10. The van der Waals surface area contributed by atoms with Crippen LogP contribution in [0, 0.1) is 0 Å². The number of aliphatic hydroxyl groups is 1. The predicted octanol–water partition coefficient (Wildman–Crippen LogP) is 2.73. The molecule has 17 heavy (non-hydrogen) atoms. The first kappa shape index (κ1) is 12.1. The van der Waals surface area contributed by atoms with Crippen molar-refractivity contribution in [2.75, 3.05) is 6.61 Å². The lowest BCUT2D eigenvalue weighted by Crippen LogP contribution is -1.91. The van der Waals surface area contributed by atoms with Crippen LogP contribution in [0.2, 0.25) is 0 Å². The van der Waals surface area contributed by atoms with Crippen molar-refractivity contribution in [1.29, 1.82) is 0 Å². The molecule has 0 aliphatic heterocycles. The summed E-state index contributed by atoms with van der Waals surface area (Å²) in [5, 5.41) is 9.07. The van der Waals surface area contributed by atoms with Gasteiger partial charge in [0.25, 0.3) is 0 Å². The van der Waals surface area contributed by atoms with Crippen molar-refractivity contribution in [2.45, 2.75) is 13.5 Å². The van der Waals surface area contributed by atoms with Crippen molar-refractivity contribution in [3.63, 3.8) is 0 Å². The third-order valence-electron chi connectivity index (χ3n) is 2.33. The van der Waals surface area contributed by atoms with Crippen molar-refractivity contribution >= 4 is 15.9 Å². The fourth-order valence-electron chi connectivity index (χ4n) is 1.51. The normalized spacial score (nSPS) is 10.5. The van der Waals surface area contributed by atoms with E-state index in [0.717, 1.165) is 17.1 Å². The van der Waals surface area contributed by atoms with E-state index in [4.69, 9.17) is 9.84 Å². The minimum Gasteiger partial charge on any atom is -0.494 e. The molecule has 1 heterocycles. The van der Waals surface area contributed by atoms with Gasteiger partial charge in [-0.15, -0.1) is 0 Å². The van der Waals surface area contributed by atoms with Crippen LogP contribution in [-0.2, 0) is 6.61 Å². The fourth-order valence-corrected chi connectivity index (χ4v) is 1.91. The van der Waals surface area contributed by atoms with Crippen LogP contribution in [0.15, 0.2) is 28.9 Å². The molecule has 0 bridgehead atoms. The molecule has 4 nitrogen and oxygen atoms in total. The van der Waals surface area contributed by atoms with Crippen molar-refractivity contribution in [2.24, 2.45) is 0 Å². The van der Waals surface area contributed by atoms with Crippen LogP contribution in [0.5, 0.6) is 5.75 Å². The summed E-state index contributed by atoms with van der Waals surface area (Å²) >= 11 is 3.29. The number of nitrogens with zero attached hydrogens (tertiary/aromatic N) is 1. The third kappa shape index (κ3) is 2.68. The Bertz CT molecular complexity index is 494. The molecule has 0 saturated heterocycles. The van der Waals surface area contributed by atoms with Gasteiger partial charge >= 0.3 is 0 Å². The summed E-state index contributed by atoms with van der Waals surface area (Å²) in [4.78, 5) is 7.34. The summed E-state index contributed by atoms with van der Waals surface area (Å²) in [7, 11) is 0. The van der Waals surface area contributed by atoms with E-state index in [1.807, 2.05) is 31.2 Å². The van der Waals surface area contributed by atoms with E-state index in [0.29, 0.717) is 16.9 Å². The average molecular weight is 297 g/mol. The van der Waals surface area contributed by atoms with Crippen LogP contribution in [0.4, 0.5) is 0 Å². The van der Waals surface area contributed by atoms with Gasteiger partial charge in [-0.3, -0.25) is 0 Å². The molecule has 0 spiro atoms. The lowest BCUT2D eigenvalue weighted by Gasteiger charge is -2.03. The minimum atomic E-state index is -0.0649. The number of ether oxygens (including phenoxy) is 1. The highest BCUT2D eigenvalue weighted by Crippen LogP contribution is 2.23. The fraction of sp³-hybridized carbons (Fsp3) is 0.250. The van der Waals surface area contributed by atoms with Gasteiger partial charge < -0.3 is 14.8 Å². The Morgan fingerprint density at radius 3 is 2.59 bits per heavy atom. The molecular formula is C12H13BrN2O2. The second-order valence-corrected chi connectivity index (χ2v) is 4.22. The average Bonchev–Trinajstić information content (AvgIpc) is 2.72. The number of nitrogens with one attached hydrogen (secondary N) is 1. The van der Waals surface area contributed by atoms with Crippen LogP contribution in [0.25, 0.3) is 11.4 Å². The molecule has 0 aliphatic carbocycles. The van der Waals surface area contributed by atoms with Gasteiger partial charge in [-0.2, -0.15) is 0 Å². The van der Waals surface area contributed by atoms with Crippen LogP contribution in [0.1, 0.15) is 12.6 Å². The SMILES string of the molecule is CCOc1ccc(-c2nc(Br)c(CO)[nH]2)cc1. The molecule has 2 N–H and O–H groups in total. The molecule has 0 radical (unpaired) electrons. The monoisotopic (exact) mass is 296 g/mol. The Morgan fingerprint density at radius 1 is 1.35 bits per heavy atom. The quantitative estimate of drug-likeness (QED) is 0.912. The standard InChI is InChI=1S/C12H13BrN2O2/c1-2-17-9-5-3-8(4-6-9)12-14-10(7-16)11(13)15-12/h3-6,16H,2,7H2,1H3,(H,14,15). The molecule has 0 atom stereocenters. The summed E-state index contributed by atoms with van der Waals surface area (Å²) < 4.78 is 6.01. The maximum absolute atomic E-state index is 9.07. The van der Waals surface area contributed by atoms with E-state index < -0.39 is 0 Å². The third-order valence-corrected chi connectivity index (χ3v) is 2.98. The Kier molecular flexibility index (Phi) is 3.81. The number of halogens is 1. The number of rotatable bonds is 4. The zero-order valence-electron chi connectivity index (χ0n) is 9.40. The number of benzene rings is 1. The molecule has 1 aromatic carbocycles. The van der Waals surface area contributed by atoms with E-state index in [1.54, 1.807) is 0 Å². The van der Waals surface area contributed by atoms with Gasteiger partial charge in [-0.05, 0) is 47.1 Å². The van der Waals surface area contributed by atoms with Crippen LogP contribution >= 0.6 is 15.9 Å². The van der Waals surface area contributed by atoms with Crippen LogP contribution in [-0.4, -0.2) is 21.7 Å². The lowest BCUT2D eigenvalue weighted by molar-refractivity contribution is 0.276. The Morgan fingerprint density at radius 2 is 2.06 bits per heavy atom. The smallest absolute Gasteiger partial charge is 0.138 e. The molecule has 0 aliphatic rings.